The van der Waals surface area contributed by atoms with Crippen LogP contribution in [-0.4, -0.2) is 9.97 Å². The van der Waals surface area contributed by atoms with Gasteiger partial charge in [-0.1, -0.05) is 103 Å². The molecular formula is C46H33N3. The molecule has 2 aromatic heterocycles. The Labute approximate surface area is 286 Å². The highest BCUT2D eigenvalue weighted by atomic mass is 15.2. The van der Waals surface area contributed by atoms with E-state index in [-0.39, 0.29) is 10.8 Å². The van der Waals surface area contributed by atoms with E-state index in [0.29, 0.717) is 23.7 Å². The second-order valence-electron chi connectivity index (χ2n) is 15.8. The SMILES string of the molecule is C1=CC23C=CC2c2cc(-c4cccc(N(c5ccccc5)c5cccc(-c6ccc7c(c6)C6C=CC68C=CC6C7C68)n5)n4)ccc2C2C1C23. The zero-order valence-corrected chi connectivity index (χ0v) is 26.9. The number of benzene rings is 3. The minimum Gasteiger partial charge on any atom is -0.279 e. The summed E-state index contributed by atoms with van der Waals surface area (Å²) < 4.78 is 0. The van der Waals surface area contributed by atoms with Crippen molar-refractivity contribution in [3.05, 3.63) is 174 Å². The monoisotopic (exact) mass is 627 g/mol. The van der Waals surface area contributed by atoms with Crippen molar-refractivity contribution in [1.29, 1.82) is 0 Å². The van der Waals surface area contributed by atoms with Gasteiger partial charge in [0, 0.05) is 39.5 Å². The molecule has 8 aliphatic carbocycles. The standard InChI is InChI=1S/C46H33N3/c1-2-6-28(7-3-1)49(39-10-4-8-37(47-39)26-12-14-29-33(24-26)35-18-22-45(35)20-16-31-41(29)43(31)45)40-11-5-9-38(48-40)27-13-15-30-34(25-27)36-19-23-46(36)21-17-32-42(30)44(32)46/h1-25,31-32,35-36,41-44H. The van der Waals surface area contributed by atoms with Crippen molar-refractivity contribution in [2.75, 3.05) is 4.90 Å². The first-order chi connectivity index (χ1) is 24.2. The number of hydrogen-bond donors (Lipinski definition) is 0. The molecule has 2 saturated carbocycles. The predicted octanol–water partition coefficient (Wildman–Crippen LogP) is 10.4. The Kier molecular flexibility index (Phi) is 4.44. The molecule has 232 valence electrons. The van der Waals surface area contributed by atoms with Crippen molar-refractivity contribution in [2.45, 2.75) is 23.7 Å². The van der Waals surface area contributed by atoms with Gasteiger partial charge in [0.2, 0.25) is 0 Å². The normalized spacial score (nSPS) is 35.6. The molecule has 0 saturated heterocycles. The van der Waals surface area contributed by atoms with Crippen LogP contribution in [0.25, 0.3) is 22.5 Å². The van der Waals surface area contributed by atoms with Gasteiger partial charge in [-0.3, -0.25) is 4.90 Å². The van der Waals surface area contributed by atoms with Gasteiger partial charge in [0.05, 0.1) is 11.4 Å². The molecule has 10 atom stereocenters. The first kappa shape index (κ1) is 25.7. The van der Waals surface area contributed by atoms with Crippen molar-refractivity contribution in [1.82, 2.24) is 9.97 Å². The van der Waals surface area contributed by atoms with E-state index in [9.17, 15) is 0 Å². The number of nitrogens with zero attached hydrogens (tertiary/aromatic N) is 3. The number of allylic oxidation sites excluding steroid dienone is 8. The van der Waals surface area contributed by atoms with Crippen molar-refractivity contribution >= 4 is 17.3 Å². The summed E-state index contributed by atoms with van der Waals surface area (Å²) in [5.41, 5.74) is 12.1. The van der Waals surface area contributed by atoms with Crippen LogP contribution in [0.1, 0.15) is 45.9 Å². The Bertz CT molecular complexity index is 2290. The van der Waals surface area contributed by atoms with E-state index in [1.54, 1.807) is 11.1 Å². The van der Waals surface area contributed by atoms with Crippen LogP contribution in [0.4, 0.5) is 17.3 Å². The quantitative estimate of drug-likeness (QED) is 0.182. The molecule has 0 amide bonds. The first-order valence-electron chi connectivity index (χ1n) is 18.1. The zero-order chi connectivity index (χ0) is 31.6. The van der Waals surface area contributed by atoms with E-state index in [0.717, 1.165) is 52.4 Å². The zero-order valence-electron chi connectivity index (χ0n) is 26.9. The van der Waals surface area contributed by atoms with Crippen LogP contribution in [0.5, 0.6) is 0 Å². The molecule has 2 heterocycles. The molecule has 13 rings (SSSR count). The fraction of sp³-hybridized carbons (Fsp3) is 0.217. The van der Waals surface area contributed by atoms with Gasteiger partial charge in [-0.2, -0.15) is 0 Å². The number of anilines is 3. The summed E-state index contributed by atoms with van der Waals surface area (Å²) in [6, 6.07) is 37.6. The Morgan fingerprint density at radius 1 is 0.469 bits per heavy atom. The van der Waals surface area contributed by atoms with Gasteiger partial charge >= 0.3 is 0 Å². The summed E-state index contributed by atoms with van der Waals surface area (Å²) in [5, 5.41) is 0. The molecule has 3 aromatic carbocycles. The van der Waals surface area contributed by atoms with E-state index in [2.05, 4.69) is 157 Å². The van der Waals surface area contributed by atoms with Crippen molar-refractivity contribution in [2.24, 2.45) is 34.5 Å². The number of para-hydroxylation sites is 1. The fourth-order valence-corrected chi connectivity index (χ4v) is 11.5. The number of hydrogen-bond acceptors (Lipinski definition) is 3. The molecule has 0 bridgehead atoms. The minimum absolute atomic E-state index is 0.266. The second kappa shape index (κ2) is 8.47. The predicted molar refractivity (Wildman–Crippen MR) is 194 cm³/mol. The Balaban J connectivity index is 0.893. The lowest BCUT2D eigenvalue weighted by atomic mass is 9.57. The van der Waals surface area contributed by atoms with Gasteiger partial charge in [0.1, 0.15) is 11.6 Å². The molecule has 0 aliphatic heterocycles. The molecule has 3 heteroatoms. The average Bonchev–Trinajstić information content (AvgIpc) is 3.91. The van der Waals surface area contributed by atoms with Crippen LogP contribution in [0, 0.1) is 34.5 Å². The third-order valence-electron chi connectivity index (χ3n) is 13.8. The van der Waals surface area contributed by atoms with Crippen LogP contribution >= 0.6 is 0 Å². The molecule has 8 aliphatic rings. The Morgan fingerprint density at radius 2 is 0.980 bits per heavy atom. The number of aromatic nitrogens is 2. The van der Waals surface area contributed by atoms with Gasteiger partial charge < -0.3 is 0 Å². The molecule has 49 heavy (non-hydrogen) atoms. The average molecular weight is 628 g/mol. The maximum atomic E-state index is 5.34. The summed E-state index contributed by atoms with van der Waals surface area (Å²) in [4.78, 5) is 12.9. The summed E-state index contributed by atoms with van der Waals surface area (Å²) >= 11 is 0. The molecule has 5 aromatic rings. The van der Waals surface area contributed by atoms with Gasteiger partial charge in [0.15, 0.2) is 0 Å². The third kappa shape index (κ3) is 3.04. The smallest absolute Gasteiger partial charge is 0.139 e. The maximum absolute atomic E-state index is 5.34. The van der Waals surface area contributed by atoms with E-state index in [1.807, 2.05) is 0 Å². The topological polar surface area (TPSA) is 29.0 Å². The summed E-state index contributed by atoms with van der Waals surface area (Å²) in [6.07, 6.45) is 19.8. The first-order valence-corrected chi connectivity index (χ1v) is 18.1. The van der Waals surface area contributed by atoms with Crippen LogP contribution < -0.4 is 4.90 Å². The maximum Gasteiger partial charge on any atom is 0.139 e. The molecule has 0 radical (unpaired) electrons. The second-order valence-corrected chi connectivity index (χ2v) is 15.8. The molecule has 2 fully saturated rings. The van der Waals surface area contributed by atoms with Gasteiger partial charge in [0.25, 0.3) is 0 Å². The Hall–Kier alpha value is -5.28. The highest BCUT2D eigenvalue weighted by Crippen LogP contribution is 2.79. The summed E-state index contributed by atoms with van der Waals surface area (Å²) in [6.45, 7) is 0. The van der Waals surface area contributed by atoms with Crippen LogP contribution in [0.15, 0.2) is 152 Å². The highest BCUT2D eigenvalue weighted by molar-refractivity contribution is 5.77. The summed E-state index contributed by atoms with van der Waals surface area (Å²) in [5.74, 6) is 7.15. The van der Waals surface area contributed by atoms with E-state index in [4.69, 9.17) is 9.97 Å². The Morgan fingerprint density at radius 3 is 1.47 bits per heavy atom. The van der Waals surface area contributed by atoms with E-state index >= 15 is 0 Å². The van der Waals surface area contributed by atoms with Crippen LogP contribution in [0.3, 0.4) is 0 Å². The lowest BCUT2D eigenvalue weighted by Gasteiger charge is -2.45. The van der Waals surface area contributed by atoms with Gasteiger partial charge in [-0.15, -0.1) is 0 Å². The highest BCUT2D eigenvalue weighted by Gasteiger charge is 2.70. The van der Waals surface area contributed by atoms with Crippen molar-refractivity contribution in [3.8, 4) is 22.5 Å². The lowest BCUT2D eigenvalue weighted by Crippen LogP contribution is -2.35. The van der Waals surface area contributed by atoms with Gasteiger partial charge in [-0.25, -0.2) is 9.97 Å². The fourth-order valence-electron chi connectivity index (χ4n) is 11.5. The molecular weight excluding hydrogens is 595 g/mol. The van der Waals surface area contributed by atoms with Crippen molar-refractivity contribution < 1.29 is 0 Å². The molecule has 0 N–H and O–H groups in total. The largest absolute Gasteiger partial charge is 0.279 e. The minimum atomic E-state index is 0.266. The van der Waals surface area contributed by atoms with Crippen LogP contribution in [-0.2, 0) is 0 Å². The lowest BCUT2D eigenvalue weighted by molar-refractivity contribution is 0.322. The van der Waals surface area contributed by atoms with E-state index in [1.165, 1.54) is 22.3 Å². The third-order valence-corrected chi connectivity index (χ3v) is 13.8. The number of fused-ring (bicyclic) bond motifs is 8. The summed E-state index contributed by atoms with van der Waals surface area (Å²) in [7, 11) is 0. The molecule has 3 nitrogen and oxygen atoms in total. The van der Waals surface area contributed by atoms with Crippen molar-refractivity contribution in [3.63, 3.8) is 0 Å². The number of pyridine rings is 2. The number of rotatable bonds is 5. The molecule has 2 spiro atoms. The van der Waals surface area contributed by atoms with Crippen LogP contribution in [0.2, 0.25) is 0 Å². The molecule has 10 unspecified atom stereocenters. The van der Waals surface area contributed by atoms with Gasteiger partial charge in [-0.05, 0) is 106 Å². The van der Waals surface area contributed by atoms with E-state index < -0.39 is 0 Å².